The van der Waals surface area contributed by atoms with E-state index in [4.69, 9.17) is 23.2 Å². The first-order valence-electron chi connectivity index (χ1n) is 9.33. The van der Waals surface area contributed by atoms with Gasteiger partial charge in [0.2, 0.25) is 5.91 Å². The van der Waals surface area contributed by atoms with Crippen molar-refractivity contribution >= 4 is 35.0 Å². The van der Waals surface area contributed by atoms with Crippen LogP contribution in [-0.2, 0) is 4.79 Å². The van der Waals surface area contributed by atoms with Crippen LogP contribution in [0.5, 0.6) is 0 Å². The van der Waals surface area contributed by atoms with Crippen molar-refractivity contribution < 1.29 is 9.59 Å². The highest BCUT2D eigenvalue weighted by molar-refractivity contribution is 6.42. The first kappa shape index (κ1) is 18.1. The van der Waals surface area contributed by atoms with Gasteiger partial charge in [0.05, 0.1) is 10.0 Å². The highest BCUT2D eigenvalue weighted by Crippen LogP contribution is 2.28. The number of carbonyl (C=O) groups is 2. The number of fused-ring (bicyclic) bond motifs is 2. The molecule has 5 nitrogen and oxygen atoms in total. The van der Waals surface area contributed by atoms with Crippen LogP contribution in [0, 0.1) is 0 Å². The largest absolute Gasteiger partial charge is 0.351 e. The first-order chi connectivity index (χ1) is 12.5. The standard InChI is InChI=1S/C19H23Cl2N3O2/c20-15-6-3-11(8-16(15)21)19(26)24-7-1-2-17(24)18(25)23-14-9-12-4-5-13(10-14)22-12/h3,6,8,12-14,17,22H,1-2,4-5,7,9-10H2,(H,23,25). The second-order valence-corrected chi connectivity index (χ2v) is 8.41. The third-order valence-corrected chi connectivity index (χ3v) is 6.54. The molecule has 0 spiro atoms. The van der Waals surface area contributed by atoms with Gasteiger partial charge in [-0.2, -0.15) is 0 Å². The van der Waals surface area contributed by atoms with Crippen molar-refractivity contribution in [1.82, 2.24) is 15.5 Å². The molecule has 3 aliphatic rings. The number of hydrogen-bond donors (Lipinski definition) is 2. The maximum Gasteiger partial charge on any atom is 0.254 e. The fourth-order valence-corrected chi connectivity index (χ4v) is 4.85. The van der Waals surface area contributed by atoms with E-state index in [1.54, 1.807) is 23.1 Å². The smallest absolute Gasteiger partial charge is 0.254 e. The van der Waals surface area contributed by atoms with Gasteiger partial charge in [-0.25, -0.2) is 0 Å². The summed E-state index contributed by atoms with van der Waals surface area (Å²) in [6.07, 6.45) is 5.90. The molecule has 0 aliphatic carbocycles. The van der Waals surface area contributed by atoms with Crippen molar-refractivity contribution in [2.24, 2.45) is 0 Å². The van der Waals surface area contributed by atoms with Gasteiger partial charge in [0.25, 0.3) is 5.91 Å². The number of amides is 2. The Morgan fingerprint density at radius 2 is 1.81 bits per heavy atom. The lowest BCUT2D eigenvalue weighted by Gasteiger charge is -2.32. The van der Waals surface area contributed by atoms with E-state index in [1.165, 1.54) is 12.8 Å². The molecule has 3 unspecified atom stereocenters. The number of benzene rings is 1. The van der Waals surface area contributed by atoms with E-state index in [0.717, 1.165) is 19.3 Å². The van der Waals surface area contributed by atoms with E-state index in [-0.39, 0.29) is 17.9 Å². The van der Waals surface area contributed by atoms with Gasteiger partial charge in [0, 0.05) is 30.2 Å². The second-order valence-electron chi connectivity index (χ2n) is 7.60. The van der Waals surface area contributed by atoms with Crippen molar-refractivity contribution in [1.29, 1.82) is 0 Å². The van der Waals surface area contributed by atoms with Gasteiger partial charge in [-0.05, 0) is 56.7 Å². The fraction of sp³-hybridized carbons (Fsp3) is 0.579. The van der Waals surface area contributed by atoms with Crippen molar-refractivity contribution in [3.63, 3.8) is 0 Å². The van der Waals surface area contributed by atoms with Crippen LogP contribution in [0.3, 0.4) is 0 Å². The Morgan fingerprint density at radius 1 is 1.08 bits per heavy atom. The van der Waals surface area contributed by atoms with Crippen LogP contribution in [-0.4, -0.2) is 47.4 Å². The maximum absolute atomic E-state index is 12.9. The number of carbonyl (C=O) groups excluding carboxylic acids is 2. The van der Waals surface area contributed by atoms with Crippen LogP contribution in [0.2, 0.25) is 10.0 Å². The predicted octanol–water partition coefficient (Wildman–Crippen LogP) is 3.00. The molecule has 3 fully saturated rings. The zero-order valence-electron chi connectivity index (χ0n) is 14.5. The van der Waals surface area contributed by atoms with Crippen LogP contribution in [0.4, 0.5) is 0 Å². The van der Waals surface area contributed by atoms with E-state index in [1.807, 2.05) is 0 Å². The Kier molecular flexibility index (Phi) is 5.13. The van der Waals surface area contributed by atoms with Gasteiger partial charge in [-0.1, -0.05) is 23.2 Å². The van der Waals surface area contributed by atoms with Gasteiger partial charge in [-0.3, -0.25) is 9.59 Å². The average Bonchev–Trinajstić information content (AvgIpc) is 3.23. The van der Waals surface area contributed by atoms with Crippen LogP contribution in [0.15, 0.2) is 18.2 Å². The number of nitrogens with zero attached hydrogens (tertiary/aromatic N) is 1. The third kappa shape index (κ3) is 3.57. The van der Waals surface area contributed by atoms with Gasteiger partial charge in [0.15, 0.2) is 0 Å². The van der Waals surface area contributed by atoms with Crippen molar-refractivity contribution in [2.45, 2.75) is 62.7 Å². The van der Waals surface area contributed by atoms with E-state index in [9.17, 15) is 9.59 Å². The molecule has 0 aromatic heterocycles. The molecule has 140 valence electrons. The molecule has 26 heavy (non-hydrogen) atoms. The molecule has 2 bridgehead atoms. The van der Waals surface area contributed by atoms with E-state index in [2.05, 4.69) is 10.6 Å². The summed E-state index contributed by atoms with van der Waals surface area (Å²) < 4.78 is 0. The van der Waals surface area contributed by atoms with Crippen LogP contribution >= 0.6 is 23.2 Å². The molecule has 1 aromatic rings. The van der Waals surface area contributed by atoms with Crippen LogP contribution < -0.4 is 10.6 Å². The lowest BCUT2D eigenvalue weighted by Crippen LogP contribution is -2.53. The van der Waals surface area contributed by atoms with Gasteiger partial charge < -0.3 is 15.5 Å². The molecule has 0 saturated carbocycles. The third-order valence-electron chi connectivity index (χ3n) is 5.80. The van der Waals surface area contributed by atoms with Gasteiger partial charge >= 0.3 is 0 Å². The summed E-state index contributed by atoms with van der Waals surface area (Å²) in [6.45, 7) is 0.592. The van der Waals surface area contributed by atoms with Gasteiger partial charge in [-0.15, -0.1) is 0 Å². The van der Waals surface area contributed by atoms with Crippen molar-refractivity contribution in [3.8, 4) is 0 Å². The molecule has 0 radical (unpaired) electrons. The molecular weight excluding hydrogens is 373 g/mol. The molecule has 1 aromatic carbocycles. The molecular formula is C19H23Cl2N3O2. The minimum absolute atomic E-state index is 0.0257. The number of nitrogens with one attached hydrogen (secondary N) is 2. The summed E-state index contributed by atoms with van der Waals surface area (Å²) in [5.41, 5.74) is 0.471. The Bertz CT molecular complexity index is 715. The first-order valence-corrected chi connectivity index (χ1v) is 10.1. The topological polar surface area (TPSA) is 61.4 Å². The molecule has 7 heteroatoms. The predicted molar refractivity (Wildman–Crippen MR) is 102 cm³/mol. The molecule has 3 aliphatic heterocycles. The second kappa shape index (κ2) is 7.37. The van der Waals surface area contributed by atoms with E-state index < -0.39 is 6.04 Å². The minimum atomic E-state index is -0.399. The summed E-state index contributed by atoms with van der Waals surface area (Å²) in [5, 5.41) is 7.55. The monoisotopic (exact) mass is 395 g/mol. The average molecular weight is 396 g/mol. The lowest BCUT2D eigenvalue weighted by molar-refractivity contribution is -0.125. The summed E-state index contributed by atoms with van der Waals surface area (Å²) >= 11 is 12.0. The molecule has 2 amide bonds. The van der Waals surface area contributed by atoms with Crippen molar-refractivity contribution in [2.75, 3.05) is 6.54 Å². The highest BCUT2D eigenvalue weighted by Gasteiger charge is 2.38. The van der Waals surface area contributed by atoms with Crippen LogP contribution in [0.1, 0.15) is 48.9 Å². The molecule has 3 heterocycles. The Morgan fingerprint density at radius 3 is 2.50 bits per heavy atom. The van der Waals surface area contributed by atoms with Gasteiger partial charge in [0.1, 0.15) is 6.04 Å². The highest BCUT2D eigenvalue weighted by atomic mass is 35.5. The zero-order valence-corrected chi connectivity index (χ0v) is 16.0. The van der Waals surface area contributed by atoms with Crippen LogP contribution in [0.25, 0.3) is 0 Å². The number of halogens is 2. The number of likely N-dealkylation sites (tertiary alicyclic amines) is 1. The SMILES string of the molecule is O=C(NC1CC2CCC(C1)N2)C1CCCN1C(=O)c1ccc(Cl)c(Cl)c1. The summed E-state index contributed by atoms with van der Waals surface area (Å²) in [4.78, 5) is 27.4. The molecule has 4 rings (SSSR count). The maximum atomic E-state index is 12.9. The molecule has 2 N–H and O–H groups in total. The van der Waals surface area contributed by atoms with Crippen molar-refractivity contribution in [3.05, 3.63) is 33.8 Å². The number of hydrogen-bond acceptors (Lipinski definition) is 3. The Hall–Kier alpha value is -1.30. The number of piperidine rings is 1. The molecule has 3 saturated heterocycles. The summed E-state index contributed by atoms with van der Waals surface area (Å²) in [6, 6.07) is 5.72. The zero-order chi connectivity index (χ0) is 18.3. The Balaban J connectivity index is 1.43. The molecule has 3 atom stereocenters. The lowest BCUT2D eigenvalue weighted by atomic mass is 9.99. The minimum Gasteiger partial charge on any atom is -0.351 e. The summed E-state index contributed by atoms with van der Waals surface area (Å²) in [7, 11) is 0. The number of rotatable bonds is 3. The normalized spacial score (nSPS) is 30.5. The Labute approximate surface area is 163 Å². The fourth-order valence-electron chi connectivity index (χ4n) is 4.55. The summed E-state index contributed by atoms with van der Waals surface area (Å²) in [5.74, 6) is -0.186. The quantitative estimate of drug-likeness (QED) is 0.826. The van der Waals surface area contributed by atoms with E-state index >= 15 is 0 Å². The van der Waals surface area contributed by atoms with E-state index in [0.29, 0.717) is 40.7 Å².